The molecule has 0 bridgehead atoms. The topological polar surface area (TPSA) is 60.9 Å². The first-order chi connectivity index (χ1) is 12.0. The highest BCUT2D eigenvalue weighted by Gasteiger charge is 2.23. The molecule has 3 heterocycles. The van der Waals surface area contributed by atoms with Crippen LogP contribution in [0.3, 0.4) is 0 Å². The summed E-state index contributed by atoms with van der Waals surface area (Å²) in [6.07, 6.45) is 1.91. The third-order valence-electron chi connectivity index (χ3n) is 4.90. The van der Waals surface area contributed by atoms with Gasteiger partial charge in [0.1, 0.15) is 0 Å². The Kier molecular flexibility index (Phi) is 3.79. The van der Waals surface area contributed by atoms with E-state index in [9.17, 15) is 4.79 Å². The van der Waals surface area contributed by atoms with Crippen LogP contribution < -0.4 is 5.43 Å². The van der Waals surface area contributed by atoms with Crippen molar-refractivity contribution in [3.8, 4) is 22.8 Å². The highest BCUT2D eigenvalue weighted by molar-refractivity contribution is 5.62. The van der Waals surface area contributed by atoms with Gasteiger partial charge in [-0.3, -0.25) is 4.79 Å². The molecule has 0 aliphatic carbocycles. The lowest BCUT2D eigenvalue weighted by atomic mass is 10.0. The maximum Gasteiger partial charge on any atom is 0.258 e. The fraction of sp³-hybridized carbons (Fsp3) is 0.350. The second kappa shape index (κ2) is 5.99. The smallest absolute Gasteiger partial charge is 0.258 e. The van der Waals surface area contributed by atoms with Crippen molar-refractivity contribution in [2.75, 3.05) is 0 Å². The van der Waals surface area contributed by atoms with Crippen LogP contribution in [0.2, 0.25) is 0 Å². The first-order valence-electron chi connectivity index (χ1n) is 8.72. The van der Waals surface area contributed by atoms with Crippen molar-refractivity contribution in [1.82, 2.24) is 14.7 Å². The van der Waals surface area contributed by atoms with E-state index in [2.05, 4.69) is 40.7 Å². The molecule has 128 valence electrons. The van der Waals surface area contributed by atoms with Gasteiger partial charge in [-0.1, -0.05) is 31.1 Å². The molecule has 5 nitrogen and oxygen atoms in total. The number of fused-ring (bicyclic) bond motifs is 1. The Balaban J connectivity index is 1.76. The molecule has 0 spiro atoms. The number of rotatable bonds is 3. The Morgan fingerprint density at radius 1 is 1.20 bits per heavy atom. The van der Waals surface area contributed by atoms with Gasteiger partial charge in [0.2, 0.25) is 5.82 Å². The van der Waals surface area contributed by atoms with Gasteiger partial charge in [-0.2, -0.15) is 4.98 Å². The molecule has 0 amide bonds. The van der Waals surface area contributed by atoms with Crippen LogP contribution in [-0.2, 0) is 13.0 Å². The molecule has 4 rings (SSSR count). The van der Waals surface area contributed by atoms with Crippen molar-refractivity contribution in [2.24, 2.45) is 0 Å². The molecule has 0 radical (unpaired) electrons. The van der Waals surface area contributed by atoms with Gasteiger partial charge in [-0.25, -0.2) is 0 Å². The SMILES string of the molecule is Cc1cc(=O)c(-c2noc(-c3ccc(C(C)C)cc3)n2)c2n1CCC2. The highest BCUT2D eigenvalue weighted by atomic mass is 16.5. The van der Waals surface area contributed by atoms with E-state index in [0.29, 0.717) is 23.2 Å². The fourth-order valence-electron chi connectivity index (χ4n) is 3.50. The summed E-state index contributed by atoms with van der Waals surface area (Å²) in [5, 5.41) is 4.09. The van der Waals surface area contributed by atoms with Crippen LogP contribution >= 0.6 is 0 Å². The van der Waals surface area contributed by atoms with Crippen molar-refractivity contribution >= 4 is 0 Å². The molecule has 1 aliphatic heterocycles. The lowest BCUT2D eigenvalue weighted by molar-refractivity contribution is 0.432. The van der Waals surface area contributed by atoms with E-state index in [1.807, 2.05) is 19.1 Å². The van der Waals surface area contributed by atoms with Crippen molar-refractivity contribution in [2.45, 2.75) is 46.1 Å². The molecule has 0 fully saturated rings. The van der Waals surface area contributed by atoms with E-state index in [-0.39, 0.29) is 5.43 Å². The molecule has 2 aromatic heterocycles. The van der Waals surface area contributed by atoms with Crippen LogP contribution in [-0.4, -0.2) is 14.7 Å². The summed E-state index contributed by atoms with van der Waals surface area (Å²) in [6.45, 7) is 7.23. The first kappa shape index (κ1) is 15.8. The number of hydrogen-bond donors (Lipinski definition) is 0. The van der Waals surface area contributed by atoms with Crippen LogP contribution in [0, 0.1) is 6.92 Å². The molecule has 0 saturated heterocycles. The molecule has 0 atom stereocenters. The largest absolute Gasteiger partial charge is 0.348 e. The summed E-state index contributed by atoms with van der Waals surface area (Å²) in [4.78, 5) is 17.0. The average molecular weight is 335 g/mol. The van der Waals surface area contributed by atoms with E-state index in [4.69, 9.17) is 4.52 Å². The van der Waals surface area contributed by atoms with Gasteiger partial charge >= 0.3 is 0 Å². The Morgan fingerprint density at radius 3 is 2.68 bits per heavy atom. The number of pyridine rings is 1. The zero-order valence-corrected chi connectivity index (χ0v) is 14.7. The Bertz CT molecular complexity index is 981. The lowest BCUT2D eigenvalue weighted by Gasteiger charge is -2.10. The quantitative estimate of drug-likeness (QED) is 0.727. The minimum Gasteiger partial charge on any atom is -0.348 e. The van der Waals surface area contributed by atoms with Crippen molar-refractivity contribution in [3.05, 3.63) is 57.5 Å². The highest BCUT2D eigenvalue weighted by Crippen LogP contribution is 2.27. The van der Waals surface area contributed by atoms with E-state index in [0.717, 1.165) is 36.3 Å². The molecular weight excluding hydrogens is 314 g/mol. The van der Waals surface area contributed by atoms with Crippen LogP contribution in [0.5, 0.6) is 0 Å². The Morgan fingerprint density at radius 2 is 1.96 bits per heavy atom. The molecule has 1 aromatic carbocycles. The Labute approximate surface area is 146 Å². The van der Waals surface area contributed by atoms with E-state index >= 15 is 0 Å². The number of aryl methyl sites for hydroxylation is 1. The molecule has 0 saturated carbocycles. The third-order valence-corrected chi connectivity index (χ3v) is 4.90. The van der Waals surface area contributed by atoms with E-state index < -0.39 is 0 Å². The van der Waals surface area contributed by atoms with Gasteiger partial charge in [-0.15, -0.1) is 0 Å². The summed E-state index contributed by atoms with van der Waals surface area (Å²) in [7, 11) is 0. The summed E-state index contributed by atoms with van der Waals surface area (Å²) < 4.78 is 7.63. The number of hydrogen-bond acceptors (Lipinski definition) is 4. The van der Waals surface area contributed by atoms with Crippen molar-refractivity contribution in [3.63, 3.8) is 0 Å². The maximum absolute atomic E-state index is 12.5. The fourth-order valence-corrected chi connectivity index (χ4v) is 3.50. The number of benzene rings is 1. The maximum atomic E-state index is 12.5. The van der Waals surface area contributed by atoms with Crippen molar-refractivity contribution < 1.29 is 4.52 Å². The molecule has 25 heavy (non-hydrogen) atoms. The molecule has 5 heteroatoms. The van der Waals surface area contributed by atoms with Crippen LogP contribution in [0.4, 0.5) is 0 Å². The zero-order chi connectivity index (χ0) is 17.6. The normalized spacial score (nSPS) is 13.4. The number of nitrogens with zero attached hydrogens (tertiary/aromatic N) is 3. The second-order valence-electron chi connectivity index (χ2n) is 6.93. The average Bonchev–Trinajstić information content (AvgIpc) is 3.25. The summed E-state index contributed by atoms with van der Waals surface area (Å²) in [5.41, 5.74) is 4.69. The monoisotopic (exact) mass is 335 g/mol. The predicted molar refractivity (Wildman–Crippen MR) is 96.6 cm³/mol. The van der Waals surface area contributed by atoms with Crippen LogP contribution in [0.15, 0.2) is 39.6 Å². The lowest BCUT2D eigenvalue weighted by Crippen LogP contribution is -2.15. The molecule has 3 aromatic rings. The van der Waals surface area contributed by atoms with Gasteiger partial charge in [-0.05, 0) is 43.4 Å². The molecule has 0 unspecified atom stereocenters. The first-order valence-corrected chi connectivity index (χ1v) is 8.72. The summed E-state index contributed by atoms with van der Waals surface area (Å²) in [6, 6.07) is 9.78. The van der Waals surface area contributed by atoms with Gasteiger partial charge < -0.3 is 9.09 Å². The van der Waals surface area contributed by atoms with Crippen LogP contribution in [0.25, 0.3) is 22.8 Å². The van der Waals surface area contributed by atoms with Crippen molar-refractivity contribution in [1.29, 1.82) is 0 Å². The minimum absolute atomic E-state index is 0.0341. The van der Waals surface area contributed by atoms with Crippen LogP contribution in [0.1, 0.15) is 43.1 Å². The Hall–Kier alpha value is -2.69. The summed E-state index contributed by atoms with van der Waals surface area (Å²) in [5.74, 6) is 1.31. The van der Waals surface area contributed by atoms with Gasteiger partial charge in [0.15, 0.2) is 5.43 Å². The molecule has 0 N–H and O–H groups in total. The zero-order valence-electron chi connectivity index (χ0n) is 14.7. The van der Waals surface area contributed by atoms with E-state index in [1.54, 1.807) is 6.07 Å². The molecule has 1 aliphatic rings. The van der Waals surface area contributed by atoms with Gasteiger partial charge in [0, 0.05) is 29.6 Å². The van der Waals surface area contributed by atoms with E-state index in [1.165, 1.54) is 5.56 Å². The summed E-state index contributed by atoms with van der Waals surface area (Å²) >= 11 is 0. The second-order valence-corrected chi connectivity index (χ2v) is 6.93. The minimum atomic E-state index is -0.0341. The predicted octanol–water partition coefficient (Wildman–Crippen LogP) is 3.94. The third kappa shape index (κ3) is 2.69. The van der Waals surface area contributed by atoms with Gasteiger partial charge in [0.25, 0.3) is 5.89 Å². The standard InChI is InChI=1S/C20H21N3O2/c1-12(2)14-6-8-15(9-7-14)20-21-19(22-25-20)18-16-5-4-10-23(16)13(3)11-17(18)24/h6-9,11-12H,4-5,10H2,1-3H3. The number of aromatic nitrogens is 3. The van der Waals surface area contributed by atoms with Gasteiger partial charge in [0.05, 0.1) is 5.56 Å². The molecular formula is C20H21N3O2.